The highest BCUT2D eigenvalue weighted by molar-refractivity contribution is 7.89. The van der Waals surface area contributed by atoms with Crippen molar-refractivity contribution in [3.05, 3.63) is 48.2 Å². The highest BCUT2D eigenvalue weighted by atomic mass is 32.2. The Hall–Kier alpha value is -2.80. The zero-order chi connectivity index (χ0) is 23.5. The molecule has 7 nitrogen and oxygen atoms in total. The average Bonchev–Trinajstić information content (AvgIpc) is 2.74. The number of carbonyl (C=O) groups is 1. The Labute approximate surface area is 180 Å². The number of carbonyl (C=O) groups excluding carboxylic acids is 1. The first-order chi connectivity index (χ1) is 15.0. The summed E-state index contributed by atoms with van der Waals surface area (Å²) < 4.78 is 94.4. The molecule has 2 aromatic rings. The number of sulfonamides is 1. The van der Waals surface area contributed by atoms with Gasteiger partial charge < -0.3 is 10.1 Å². The van der Waals surface area contributed by atoms with E-state index in [0.717, 1.165) is 22.6 Å². The molecule has 1 aliphatic heterocycles. The number of piperidine rings is 1. The first kappa shape index (κ1) is 23.9. The van der Waals surface area contributed by atoms with Gasteiger partial charge in [0, 0.05) is 25.1 Å². The highest BCUT2D eigenvalue weighted by Crippen LogP contribution is 2.27. The van der Waals surface area contributed by atoms with Crippen LogP contribution >= 0.6 is 0 Å². The SMILES string of the molecule is O=C(Nc1ccc(OCC(F)(F)F)nc1)C1CCN(S(=O)(=O)c2cc(F)ccc2F)CC1. The minimum atomic E-state index is -4.50. The Kier molecular flexibility index (Phi) is 6.98. The lowest BCUT2D eigenvalue weighted by atomic mass is 9.97. The van der Waals surface area contributed by atoms with Crippen molar-refractivity contribution < 1.29 is 39.9 Å². The summed E-state index contributed by atoms with van der Waals surface area (Å²) in [6, 6.07) is 4.65. The largest absolute Gasteiger partial charge is 0.468 e. The van der Waals surface area contributed by atoms with E-state index in [0.29, 0.717) is 6.07 Å². The molecule has 3 rings (SSSR count). The molecule has 13 heteroatoms. The third-order valence-electron chi connectivity index (χ3n) is 4.72. The number of pyridine rings is 1. The van der Waals surface area contributed by atoms with Gasteiger partial charge in [-0.3, -0.25) is 4.79 Å². The van der Waals surface area contributed by atoms with E-state index in [4.69, 9.17) is 0 Å². The summed E-state index contributed by atoms with van der Waals surface area (Å²) in [4.78, 5) is 15.4. The van der Waals surface area contributed by atoms with Crippen LogP contribution in [0.3, 0.4) is 0 Å². The van der Waals surface area contributed by atoms with Crippen molar-refractivity contribution in [3.63, 3.8) is 0 Å². The number of amides is 1. The van der Waals surface area contributed by atoms with Gasteiger partial charge in [-0.05, 0) is 37.1 Å². The molecule has 32 heavy (non-hydrogen) atoms. The van der Waals surface area contributed by atoms with Crippen LogP contribution < -0.4 is 10.1 Å². The third-order valence-corrected chi connectivity index (χ3v) is 6.64. The van der Waals surface area contributed by atoms with E-state index >= 15 is 0 Å². The summed E-state index contributed by atoms with van der Waals surface area (Å²) >= 11 is 0. The number of anilines is 1. The third kappa shape index (κ3) is 5.91. The fourth-order valence-electron chi connectivity index (χ4n) is 3.11. The van der Waals surface area contributed by atoms with Gasteiger partial charge in [-0.25, -0.2) is 22.2 Å². The van der Waals surface area contributed by atoms with Crippen molar-refractivity contribution in [2.24, 2.45) is 5.92 Å². The molecular formula is C19H18F5N3O4S. The van der Waals surface area contributed by atoms with Gasteiger partial charge in [-0.15, -0.1) is 0 Å². The van der Waals surface area contributed by atoms with Gasteiger partial charge in [0.15, 0.2) is 6.61 Å². The number of alkyl halides is 3. The molecule has 1 aromatic carbocycles. The quantitative estimate of drug-likeness (QED) is 0.643. The monoisotopic (exact) mass is 479 g/mol. The van der Waals surface area contributed by atoms with Crippen LogP contribution in [0.5, 0.6) is 5.88 Å². The second kappa shape index (κ2) is 9.36. The normalized spacial score (nSPS) is 16.0. The number of nitrogens with zero attached hydrogens (tertiary/aromatic N) is 2. The van der Waals surface area contributed by atoms with Crippen LogP contribution in [-0.2, 0) is 14.8 Å². The van der Waals surface area contributed by atoms with Crippen LogP contribution in [-0.4, -0.2) is 49.5 Å². The van der Waals surface area contributed by atoms with Crippen molar-refractivity contribution in [1.29, 1.82) is 0 Å². The van der Waals surface area contributed by atoms with E-state index in [2.05, 4.69) is 15.0 Å². The predicted molar refractivity (Wildman–Crippen MR) is 102 cm³/mol. The lowest BCUT2D eigenvalue weighted by Gasteiger charge is -2.30. The average molecular weight is 479 g/mol. The zero-order valence-corrected chi connectivity index (χ0v) is 17.2. The van der Waals surface area contributed by atoms with Crippen LogP contribution in [0.2, 0.25) is 0 Å². The minimum absolute atomic E-state index is 0.0706. The number of rotatable bonds is 6. The van der Waals surface area contributed by atoms with Gasteiger partial charge in [0.25, 0.3) is 0 Å². The van der Waals surface area contributed by atoms with Crippen LogP contribution in [0.15, 0.2) is 41.4 Å². The smallest absolute Gasteiger partial charge is 0.422 e. The fourth-order valence-corrected chi connectivity index (χ4v) is 4.66. The Balaban J connectivity index is 1.56. The minimum Gasteiger partial charge on any atom is -0.468 e. The van der Waals surface area contributed by atoms with E-state index in [1.54, 1.807) is 0 Å². The first-order valence-electron chi connectivity index (χ1n) is 9.37. The Morgan fingerprint density at radius 3 is 2.44 bits per heavy atom. The van der Waals surface area contributed by atoms with E-state index in [1.807, 2.05) is 0 Å². The standard InChI is InChI=1S/C19H18F5N3O4S/c20-13-1-3-15(21)16(9-13)32(29,30)27-7-5-12(6-8-27)18(28)26-14-2-4-17(25-10-14)31-11-19(22,23)24/h1-4,9-10,12H,5-8,11H2,(H,26,28). The summed E-state index contributed by atoms with van der Waals surface area (Å²) in [6.45, 7) is -1.63. The molecule has 0 bridgehead atoms. The Morgan fingerprint density at radius 2 is 1.84 bits per heavy atom. The molecule has 0 saturated carbocycles. The zero-order valence-electron chi connectivity index (χ0n) is 16.4. The molecule has 174 valence electrons. The van der Waals surface area contributed by atoms with Crippen LogP contribution in [0, 0.1) is 17.6 Å². The van der Waals surface area contributed by atoms with Crippen LogP contribution in [0.4, 0.5) is 27.6 Å². The molecule has 1 aromatic heterocycles. The molecule has 1 fully saturated rings. The fraction of sp³-hybridized carbons (Fsp3) is 0.368. The molecule has 0 atom stereocenters. The number of ether oxygens (including phenoxy) is 1. The van der Waals surface area contributed by atoms with Crippen molar-refractivity contribution >= 4 is 21.6 Å². The molecule has 0 aliphatic carbocycles. The van der Waals surface area contributed by atoms with Gasteiger partial charge in [-0.1, -0.05) is 0 Å². The molecule has 1 aliphatic rings. The summed E-state index contributed by atoms with van der Waals surface area (Å²) in [5.74, 6) is -3.20. The summed E-state index contributed by atoms with van der Waals surface area (Å²) in [7, 11) is -4.26. The second-order valence-corrected chi connectivity index (χ2v) is 8.94. The van der Waals surface area contributed by atoms with Crippen molar-refractivity contribution in [2.45, 2.75) is 23.9 Å². The molecule has 1 amide bonds. The van der Waals surface area contributed by atoms with E-state index < -0.39 is 51.2 Å². The predicted octanol–water partition coefficient (Wildman–Crippen LogP) is 3.34. The number of halogens is 5. The maximum Gasteiger partial charge on any atom is 0.422 e. The highest BCUT2D eigenvalue weighted by Gasteiger charge is 2.34. The molecule has 1 N–H and O–H groups in total. The van der Waals surface area contributed by atoms with Gasteiger partial charge in [-0.2, -0.15) is 17.5 Å². The number of hydrogen-bond acceptors (Lipinski definition) is 5. The molecule has 0 spiro atoms. The van der Waals surface area contributed by atoms with Crippen molar-refractivity contribution in [1.82, 2.24) is 9.29 Å². The van der Waals surface area contributed by atoms with E-state index in [1.165, 1.54) is 12.1 Å². The second-order valence-electron chi connectivity index (χ2n) is 7.03. The lowest BCUT2D eigenvalue weighted by molar-refractivity contribution is -0.154. The number of benzene rings is 1. The van der Waals surface area contributed by atoms with E-state index in [9.17, 15) is 35.2 Å². The van der Waals surface area contributed by atoms with Gasteiger partial charge in [0.2, 0.25) is 21.8 Å². The van der Waals surface area contributed by atoms with Crippen molar-refractivity contribution in [3.8, 4) is 5.88 Å². The molecule has 2 heterocycles. The number of aromatic nitrogens is 1. The van der Waals surface area contributed by atoms with Crippen molar-refractivity contribution in [2.75, 3.05) is 25.0 Å². The lowest BCUT2D eigenvalue weighted by Crippen LogP contribution is -2.41. The summed E-state index contributed by atoms with van der Waals surface area (Å²) in [5.41, 5.74) is 0.228. The topological polar surface area (TPSA) is 88.6 Å². The van der Waals surface area contributed by atoms with Gasteiger partial charge in [0.05, 0.1) is 11.9 Å². The first-order valence-corrected chi connectivity index (χ1v) is 10.8. The molecule has 1 saturated heterocycles. The molecule has 0 radical (unpaired) electrons. The summed E-state index contributed by atoms with van der Waals surface area (Å²) in [5, 5.41) is 2.56. The van der Waals surface area contributed by atoms with Crippen LogP contribution in [0.25, 0.3) is 0 Å². The number of hydrogen-bond donors (Lipinski definition) is 1. The molecular weight excluding hydrogens is 461 g/mol. The maximum atomic E-state index is 13.9. The molecule has 0 unspecified atom stereocenters. The Bertz CT molecular complexity index is 1070. The maximum absolute atomic E-state index is 13.9. The van der Waals surface area contributed by atoms with Gasteiger partial charge >= 0.3 is 6.18 Å². The number of nitrogens with one attached hydrogen (secondary N) is 1. The Morgan fingerprint density at radius 1 is 1.16 bits per heavy atom. The van der Waals surface area contributed by atoms with Crippen LogP contribution in [0.1, 0.15) is 12.8 Å². The summed E-state index contributed by atoms with van der Waals surface area (Å²) in [6.07, 6.45) is -3.09. The van der Waals surface area contributed by atoms with E-state index in [-0.39, 0.29) is 37.5 Å². The van der Waals surface area contributed by atoms with Gasteiger partial charge in [0.1, 0.15) is 16.5 Å².